The highest BCUT2D eigenvalue weighted by Crippen LogP contribution is 2.27. The molecule has 0 atom stereocenters. The van der Waals surface area contributed by atoms with E-state index < -0.39 is 11.4 Å². The number of benzene rings is 1. The first-order chi connectivity index (χ1) is 6.29. The van der Waals surface area contributed by atoms with Gasteiger partial charge in [-0.15, -0.1) is 0 Å². The third kappa shape index (κ3) is 2.86. The molecule has 0 aromatic heterocycles. The molecule has 0 radical (unpaired) electrons. The zero-order valence-electron chi connectivity index (χ0n) is 8.14. The lowest BCUT2D eigenvalue weighted by molar-refractivity contribution is 0.462. The summed E-state index contributed by atoms with van der Waals surface area (Å²) in [5.74, 6) is -0.695. The predicted octanol–water partition coefficient (Wildman–Crippen LogP) is 2.46. The van der Waals surface area contributed by atoms with Crippen molar-refractivity contribution in [3.8, 4) is 5.75 Å². The number of halogens is 2. The summed E-state index contributed by atoms with van der Waals surface area (Å²) in [7, 11) is 0. The Bertz CT molecular complexity index is 323. The van der Waals surface area contributed by atoms with Gasteiger partial charge in [-0.05, 0) is 26.3 Å². The van der Waals surface area contributed by atoms with E-state index in [0.29, 0.717) is 12.0 Å². The maximum Gasteiger partial charge on any atom is 0.131 e. The van der Waals surface area contributed by atoms with Crippen LogP contribution in [0.3, 0.4) is 0 Å². The first kappa shape index (κ1) is 11.3. The van der Waals surface area contributed by atoms with Gasteiger partial charge in [0.25, 0.3) is 0 Å². The van der Waals surface area contributed by atoms with E-state index in [0.717, 1.165) is 6.07 Å². The summed E-state index contributed by atoms with van der Waals surface area (Å²) in [6.07, 6.45) is 0.331. The fourth-order valence-corrected chi connectivity index (χ4v) is 1.48. The molecular formula is C10H13ClFNO. The van der Waals surface area contributed by atoms with Crippen molar-refractivity contribution in [2.45, 2.75) is 25.8 Å². The first-order valence-electron chi connectivity index (χ1n) is 4.25. The van der Waals surface area contributed by atoms with Crippen molar-refractivity contribution in [2.24, 2.45) is 5.73 Å². The Balaban J connectivity index is 3.09. The third-order valence-electron chi connectivity index (χ3n) is 1.76. The monoisotopic (exact) mass is 217 g/mol. The zero-order valence-corrected chi connectivity index (χ0v) is 8.90. The largest absolute Gasteiger partial charge is 0.508 e. The molecule has 3 N–H and O–H groups in total. The fourth-order valence-electron chi connectivity index (χ4n) is 1.21. The highest BCUT2D eigenvalue weighted by atomic mass is 35.5. The van der Waals surface area contributed by atoms with Gasteiger partial charge in [0.15, 0.2) is 0 Å². The molecule has 0 bridgehead atoms. The molecule has 1 rings (SSSR count). The molecule has 0 heterocycles. The molecule has 2 nitrogen and oxygen atoms in total. The molecule has 0 fully saturated rings. The van der Waals surface area contributed by atoms with Crippen molar-refractivity contribution in [1.29, 1.82) is 0 Å². The quantitative estimate of drug-likeness (QED) is 0.800. The number of nitrogens with two attached hydrogens (primary N) is 1. The second kappa shape index (κ2) is 3.75. The number of phenols is 1. The van der Waals surface area contributed by atoms with Crippen LogP contribution in [-0.2, 0) is 6.42 Å². The van der Waals surface area contributed by atoms with E-state index in [2.05, 4.69) is 0 Å². The van der Waals surface area contributed by atoms with Gasteiger partial charge >= 0.3 is 0 Å². The number of rotatable bonds is 2. The molecule has 0 amide bonds. The van der Waals surface area contributed by atoms with Crippen LogP contribution in [0.25, 0.3) is 0 Å². The topological polar surface area (TPSA) is 46.2 Å². The standard InChI is InChI=1S/C10H13ClFNO/c1-10(2,13)5-7-8(11)3-6(14)4-9(7)12/h3-4,14H,5,13H2,1-2H3. The van der Waals surface area contributed by atoms with Crippen LogP contribution in [0.2, 0.25) is 5.02 Å². The minimum absolute atomic E-state index is 0.175. The number of aromatic hydroxyl groups is 1. The Kier molecular flexibility index (Phi) is 3.02. The van der Waals surface area contributed by atoms with Gasteiger partial charge in [-0.2, -0.15) is 0 Å². The summed E-state index contributed by atoms with van der Waals surface area (Å²) in [6.45, 7) is 3.57. The van der Waals surface area contributed by atoms with Crippen LogP contribution in [0.1, 0.15) is 19.4 Å². The van der Waals surface area contributed by atoms with Crippen molar-refractivity contribution in [2.75, 3.05) is 0 Å². The van der Waals surface area contributed by atoms with E-state index in [4.69, 9.17) is 22.4 Å². The molecule has 0 saturated carbocycles. The Labute approximate surface area is 87.5 Å². The molecule has 0 saturated heterocycles. The molecule has 0 aliphatic heterocycles. The molecule has 0 aliphatic rings. The van der Waals surface area contributed by atoms with E-state index in [1.165, 1.54) is 6.07 Å². The second-order valence-electron chi connectivity index (χ2n) is 4.05. The molecule has 1 aromatic carbocycles. The third-order valence-corrected chi connectivity index (χ3v) is 2.10. The van der Waals surface area contributed by atoms with Crippen molar-refractivity contribution in [3.63, 3.8) is 0 Å². The number of phenolic OH excluding ortho intramolecular Hbond substituents is 1. The van der Waals surface area contributed by atoms with E-state index in [1.54, 1.807) is 13.8 Å². The van der Waals surface area contributed by atoms with Crippen molar-refractivity contribution >= 4 is 11.6 Å². The van der Waals surface area contributed by atoms with Crippen molar-refractivity contribution < 1.29 is 9.50 Å². The van der Waals surface area contributed by atoms with Gasteiger partial charge in [0.1, 0.15) is 11.6 Å². The van der Waals surface area contributed by atoms with E-state index in [-0.39, 0.29) is 10.8 Å². The van der Waals surface area contributed by atoms with Gasteiger partial charge in [0, 0.05) is 17.2 Å². The lowest BCUT2D eigenvalue weighted by atomic mass is 9.96. The lowest BCUT2D eigenvalue weighted by Crippen LogP contribution is -2.34. The van der Waals surface area contributed by atoms with Crippen LogP contribution in [0.15, 0.2) is 12.1 Å². The van der Waals surface area contributed by atoms with Crippen LogP contribution >= 0.6 is 11.6 Å². The first-order valence-corrected chi connectivity index (χ1v) is 4.63. The summed E-state index contributed by atoms with van der Waals surface area (Å²) >= 11 is 5.79. The van der Waals surface area contributed by atoms with Crippen molar-refractivity contribution in [1.82, 2.24) is 0 Å². The smallest absolute Gasteiger partial charge is 0.131 e. The number of hydrogen-bond acceptors (Lipinski definition) is 2. The molecule has 78 valence electrons. The Morgan fingerprint density at radius 1 is 1.50 bits per heavy atom. The van der Waals surface area contributed by atoms with Crippen LogP contribution in [0, 0.1) is 5.82 Å². The Morgan fingerprint density at radius 3 is 2.50 bits per heavy atom. The average molecular weight is 218 g/mol. The van der Waals surface area contributed by atoms with Gasteiger partial charge in [0.2, 0.25) is 0 Å². The fraction of sp³-hybridized carbons (Fsp3) is 0.400. The summed E-state index contributed by atoms with van der Waals surface area (Å²) in [4.78, 5) is 0. The highest BCUT2D eigenvalue weighted by Gasteiger charge is 2.18. The van der Waals surface area contributed by atoms with Gasteiger partial charge in [-0.1, -0.05) is 11.6 Å². The second-order valence-corrected chi connectivity index (χ2v) is 4.46. The molecule has 14 heavy (non-hydrogen) atoms. The normalized spacial score (nSPS) is 11.8. The molecule has 0 spiro atoms. The molecule has 4 heteroatoms. The summed E-state index contributed by atoms with van der Waals surface area (Å²) in [5, 5.41) is 9.27. The van der Waals surface area contributed by atoms with Gasteiger partial charge < -0.3 is 10.8 Å². The summed E-state index contributed by atoms with van der Waals surface area (Å²) in [6, 6.07) is 2.35. The Hall–Kier alpha value is -0.800. The molecule has 1 aromatic rings. The van der Waals surface area contributed by atoms with Gasteiger partial charge in [0.05, 0.1) is 5.02 Å². The van der Waals surface area contributed by atoms with Crippen LogP contribution < -0.4 is 5.73 Å². The van der Waals surface area contributed by atoms with Crippen LogP contribution in [0.5, 0.6) is 5.75 Å². The van der Waals surface area contributed by atoms with Gasteiger partial charge in [-0.3, -0.25) is 0 Å². The molecular weight excluding hydrogens is 205 g/mol. The predicted molar refractivity (Wildman–Crippen MR) is 55.0 cm³/mol. The van der Waals surface area contributed by atoms with E-state index >= 15 is 0 Å². The van der Waals surface area contributed by atoms with Crippen LogP contribution in [-0.4, -0.2) is 10.6 Å². The highest BCUT2D eigenvalue weighted by molar-refractivity contribution is 6.31. The summed E-state index contributed by atoms with van der Waals surface area (Å²) in [5.41, 5.74) is 5.57. The number of hydrogen-bond donors (Lipinski definition) is 2. The maximum atomic E-state index is 13.3. The maximum absolute atomic E-state index is 13.3. The zero-order chi connectivity index (χ0) is 10.9. The molecule has 0 unspecified atom stereocenters. The Morgan fingerprint density at radius 2 is 2.07 bits per heavy atom. The minimum atomic E-state index is -0.526. The van der Waals surface area contributed by atoms with E-state index in [1.807, 2.05) is 0 Å². The lowest BCUT2D eigenvalue weighted by Gasteiger charge is -2.19. The van der Waals surface area contributed by atoms with Gasteiger partial charge in [-0.25, -0.2) is 4.39 Å². The van der Waals surface area contributed by atoms with Crippen molar-refractivity contribution in [3.05, 3.63) is 28.5 Å². The van der Waals surface area contributed by atoms with E-state index in [9.17, 15) is 4.39 Å². The summed E-state index contributed by atoms with van der Waals surface area (Å²) < 4.78 is 13.3. The average Bonchev–Trinajstić information content (AvgIpc) is 1.95. The van der Waals surface area contributed by atoms with Crippen LogP contribution in [0.4, 0.5) is 4.39 Å². The molecule has 0 aliphatic carbocycles. The SMILES string of the molecule is CC(C)(N)Cc1c(F)cc(O)cc1Cl. The minimum Gasteiger partial charge on any atom is -0.508 e.